The van der Waals surface area contributed by atoms with Crippen LogP contribution in [0.5, 0.6) is 0 Å². The second kappa shape index (κ2) is 4.74. The highest BCUT2D eigenvalue weighted by molar-refractivity contribution is 5.89. The normalized spacial score (nSPS) is 10.1. The fraction of sp³-hybridized carbons (Fsp3) is 0.300. The van der Waals surface area contributed by atoms with Crippen molar-refractivity contribution >= 4 is 5.97 Å². The van der Waals surface area contributed by atoms with Crippen LogP contribution in [0.1, 0.15) is 21.5 Å². The lowest BCUT2D eigenvalue weighted by molar-refractivity contribution is 0.0695. The number of hydrogen-bond donors (Lipinski definition) is 3. The first-order valence-corrected chi connectivity index (χ1v) is 4.35. The van der Waals surface area contributed by atoms with Crippen LogP contribution in [0.2, 0.25) is 0 Å². The smallest absolute Gasteiger partial charge is 0.335 e. The molecule has 0 spiro atoms. The topological polar surface area (TPSA) is 83.6 Å². The van der Waals surface area contributed by atoms with Crippen molar-refractivity contribution in [2.45, 2.75) is 13.0 Å². The first kappa shape index (κ1) is 10.7. The molecule has 4 N–H and O–H groups in total. The summed E-state index contributed by atoms with van der Waals surface area (Å²) in [6.07, 6.45) is 0.343. The molecule has 4 nitrogen and oxygen atoms in total. The molecule has 0 radical (unpaired) electrons. The average Bonchev–Trinajstić information content (AvgIpc) is 2.17. The van der Waals surface area contributed by atoms with Crippen LogP contribution in [0.3, 0.4) is 0 Å². The Balaban J connectivity index is 3.10. The molecule has 0 aliphatic heterocycles. The molecule has 1 aromatic rings. The number of aliphatic hydroxyl groups is 1. The summed E-state index contributed by atoms with van der Waals surface area (Å²) >= 11 is 0. The molecule has 14 heavy (non-hydrogen) atoms. The van der Waals surface area contributed by atoms with Gasteiger partial charge in [0.25, 0.3) is 0 Å². The molecule has 4 heteroatoms. The number of rotatable bonds is 4. The van der Waals surface area contributed by atoms with Gasteiger partial charge in [0.2, 0.25) is 0 Å². The van der Waals surface area contributed by atoms with E-state index in [9.17, 15) is 4.79 Å². The number of benzene rings is 1. The Labute approximate surface area is 82.0 Å². The van der Waals surface area contributed by atoms with E-state index in [1.54, 1.807) is 12.1 Å². The number of nitrogens with two attached hydrogens (primary N) is 1. The lowest BCUT2D eigenvalue weighted by atomic mass is 10.0. The Morgan fingerprint density at radius 2 is 2.14 bits per heavy atom. The fourth-order valence-corrected chi connectivity index (χ4v) is 1.31. The van der Waals surface area contributed by atoms with Gasteiger partial charge in [-0.3, -0.25) is 0 Å². The summed E-state index contributed by atoms with van der Waals surface area (Å²) in [5.74, 6) is -0.975. The maximum atomic E-state index is 10.8. The van der Waals surface area contributed by atoms with E-state index in [2.05, 4.69) is 0 Å². The van der Waals surface area contributed by atoms with Crippen LogP contribution in [0.25, 0.3) is 0 Å². The van der Waals surface area contributed by atoms with Crippen molar-refractivity contribution in [2.75, 3.05) is 6.61 Å². The largest absolute Gasteiger partial charge is 0.478 e. The van der Waals surface area contributed by atoms with Gasteiger partial charge >= 0.3 is 5.97 Å². The molecule has 1 rings (SSSR count). The SMILES string of the molecule is NCc1ccc(C(=O)O)c(CCO)c1. The zero-order valence-electron chi connectivity index (χ0n) is 7.73. The summed E-state index contributed by atoms with van der Waals surface area (Å²) in [5.41, 5.74) is 7.17. The third-order valence-electron chi connectivity index (χ3n) is 2.02. The molecule has 0 bridgehead atoms. The molecule has 0 heterocycles. The minimum Gasteiger partial charge on any atom is -0.478 e. The highest BCUT2D eigenvalue weighted by atomic mass is 16.4. The number of carbonyl (C=O) groups is 1. The molecule has 0 fully saturated rings. The van der Waals surface area contributed by atoms with Crippen LogP contribution in [-0.2, 0) is 13.0 Å². The van der Waals surface area contributed by atoms with Gasteiger partial charge in [0.1, 0.15) is 0 Å². The van der Waals surface area contributed by atoms with Gasteiger partial charge in [-0.1, -0.05) is 12.1 Å². The molecule has 0 unspecified atom stereocenters. The summed E-state index contributed by atoms with van der Waals surface area (Å²) in [6.45, 7) is 0.312. The van der Waals surface area contributed by atoms with E-state index in [0.717, 1.165) is 5.56 Å². The average molecular weight is 195 g/mol. The number of carboxylic acid groups (broad SMARTS) is 1. The minimum atomic E-state index is -0.975. The Kier molecular flexibility index (Phi) is 3.62. The minimum absolute atomic E-state index is 0.0612. The van der Waals surface area contributed by atoms with Gasteiger partial charge in [0.05, 0.1) is 5.56 Å². The van der Waals surface area contributed by atoms with Gasteiger partial charge in [-0.2, -0.15) is 0 Å². The summed E-state index contributed by atoms with van der Waals surface area (Å²) in [6, 6.07) is 4.93. The first-order valence-electron chi connectivity index (χ1n) is 4.35. The predicted molar refractivity (Wildman–Crippen MR) is 52.1 cm³/mol. The summed E-state index contributed by atoms with van der Waals surface area (Å²) in [5, 5.41) is 17.6. The van der Waals surface area contributed by atoms with E-state index in [4.69, 9.17) is 15.9 Å². The van der Waals surface area contributed by atoms with E-state index in [0.29, 0.717) is 18.5 Å². The highest BCUT2D eigenvalue weighted by Crippen LogP contribution is 2.12. The van der Waals surface area contributed by atoms with Crippen LogP contribution >= 0.6 is 0 Å². The van der Waals surface area contributed by atoms with Crippen molar-refractivity contribution in [3.63, 3.8) is 0 Å². The molecule has 0 aliphatic carbocycles. The molecule has 0 amide bonds. The molecule has 0 atom stereocenters. The Hall–Kier alpha value is -1.39. The lowest BCUT2D eigenvalue weighted by Crippen LogP contribution is -2.06. The maximum absolute atomic E-state index is 10.8. The van der Waals surface area contributed by atoms with Gasteiger partial charge < -0.3 is 15.9 Å². The van der Waals surface area contributed by atoms with Crippen LogP contribution in [-0.4, -0.2) is 22.8 Å². The third kappa shape index (κ3) is 2.31. The van der Waals surface area contributed by atoms with Crippen molar-refractivity contribution in [3.8, 4) is 0 Å². The van der Waals surface area contributed by atoms with Gasteiger partial charge in [0, 0.05) is 13.2 Å². The van der Waals surface area contributed by atoms with Crippen molar-refractivity contribution < 1.29 is 15.0 Å². The van der Waals surface area contributed by atoms with Crippen molar-refractivity contribution in [3.05, 3.63) is 34.9 Å². The van der Waals surface area contributed by atoms with E-state index in [1.807, 2.05) is 0 Å². The number of aliphatic hydroxyl groups excluding tert-OH is 1. The molecule has 1 aromatic carbocycles. The predicted octanol–water partition coefficient (Wildman–Crippen LogP) is 0.378. The third-order valence-corrected chi connectivity index (χ3v) is 2.02. The van der Waals surface area contributed by atoms with Crippen molar-refractivity contribution in [1.29, 1.82) is 0 Å². The zero-order chi connectivity index (χ0) is 10.6. The molecular formula is C10H13NO3. The van der Waals surface area contributed by atoms with E-state index >= 15 is 0 Å². The van der Waals surface area contributed by atoms with Gasteiger partial charge in [0.15, 0.2) is 0 Å². The number of aromatic carboxylic acids is 1. The summed E-state index contributed by atoms with van der Waals surface area (Å²) in [4.78, 5) is 10.8. The van der Waals surface area contributed by atoms with Crippen LogP contribution in [0.15, 0.2) is 18.2 Å². The van der Waals surface area contributed by atoms with Crippen LogP contribution < -0.4 is 5.73 Å². The zero-order valence-corrected chi connectivity index (χ0v) is 7.73. The second-order valence-corrected chi connectivity index (χ2v) is 2.97. The first-order chi connectivity index (χ1) is 6.69. The summed E-state index contributed by atoms with van der Waals surface area (Å²) in [7, 11) is 0. The highest BCUT2D eigenvalue weighted by Gasteiger charge is 2.09. The van der Waals surface area contributed by atoms with E-state index < -0.39 is 5.97 Å². The molecule has 0 saturated carbocycles. The monoisotopic (exact) mass is 195 g/mol. The molecular weight excluding hydrogens is 182 g/mol. The summed E-state index contributed by atoms with van der Waals surface area (Å²) < 4.78 is 0. The van der Waals surface area contributed by atoms with Gasteiger partial charge in [-0.15, -0.1) is 0 Å². The lowest BCUT2D eigenvalue weighted by Gasteiger charge is -2.06. The Morgan fingerprint density at radius 1 is 1.43 bits per heavy atom. The van der Waals surface area contributed by atoms with Crippen molar-refractivity contribution in [2.24, 2.45) is 5.73 Å². The standard InChI is InChI=1S/C10H13NO3/c11-6-7-1-2-9(10(13)14)8(5-7)3-4-12/h1-2,5,12H,3-4,6,11H2,(H,13,14). The Morgan fingerprint density at radius 3 is 2.64 bits per heavy atom. The fourth-order valence-electron chi connectivity index (χ4n) is 1.31. The second-order valence-electron chi connectivity index (χ2n) is 2.97. The molecule has 0 saturated heterocycles. The van der Waals surface area contributed by atoms with E-state index in [1.165, 1.54) is 6.07 Å². The van der Waals surface area contributed by atoms with E-state index in [-0.39, 0.29) is 12.2 Å². The van der Waals surface area contributed by atoms with Gasteiger partial charge in [-0.25, -0.2) is 4.79 Å². The maximum Gasteiger partial charge on any atom is 0.335 e. The van der Waals surface area contributed by atoms with Crippen LogP contribution in [0, 0.1) is 0 Å². The number of hydrogen-bond acceptors (Lipinski definition) is 3. The molecule has 0 aromatic heterocycles. The number of carboxylic acids is 1. The quantitative estimate of drug-likeness (QED) is 0.648. The van der Waals surface area contributed by atoms with Crippen molar-refractivity contribution in [1.82, 2.24) is 0 Å². The van der Waals surface area contributed by atoms with Crippen LogP contribution in [0.4, 0.5) is 0 Å². The Bertz CT molecular complexity index is 336. The van der Waals surface area contributed by atoms with Gasteiger partial charge in [-0.05, 0) is 23.6 Å². The molecule has 0 aliphatic rings. The molecule has 76 valence electrons.